The van der Waals surface area contributed by atoms with Crippen molar-refractivity contribution in [2.45, 2.75) is 0 Å². The Kier molecular flexibility index (Phi) is 9.28. The maximum Gasteiger partial charge on any atom is 0.345 e. The van der Waals surface area contributed by atoms with Gasteiger partial charge in [-0.25, -0.2) is 28.1 Å². The van der Waals surface area contributed by atoms with Crippen LogP contribution in [0.4, 0.5) is 34.1 Å². The highest BCUT2D eigenvalue weighted by atomic mass is 16.2. The van der Waals surface area contributed by atoms with Crippen molar-refractivity contribution in [1.29, 1.82) is 0 Å². The number of hydrogen-bond acceptors (Lipinski definition) is 9. The first-order chi connectivity index (χ1) is 25.0. The molecule has 0 fully saturated rings. The molecule has 0 saturated carbocycles. The van der Waals surface area contributed by atoms with E-state index in [0.717, 1.165) is 13.7 Å². The first-order valence-corrected chi connectivity index (χ1v) is 15.8. The smallest absolute Gasteiger partial charge is 0.246 e. The molecule has 0 unspecified atom stereocenters. The molecule has 0 bridgehead atoms. The zero-order valence-corrected chi connectivity index (χ0v) is 26.8. The molecule has 0 radical (unpaired) electrons. The van der Waals surface area contributed by atoms with Gasteiger partial charge in [0.2, 0.25) is 0 Å². The van der Waals surface area contributed by atoms with E-state index in [2.05, 4.69) is 30.7 Å². The van der Waals surface area contributed by atoms with E-state index >= 15 is 0 Å². The van der Waals surface area contributed by atoms with Gasteiger partial charge in [-0.2, -0.15) is 30.7 Å². The van der Waals surface area contributed by atoms with Crippen molar-refractivity contribution in [2.75, 3.05) is 0 Å². The van der Waals surface area contributed by atoms with Gasteiger partial charge < -0.3 is 0 Å². The van der Waals surface area contributed by atoms with Gasteiger partial charge in [-0.3, -0.25) is 0 Å². The van der Waals surface area contributed by atoms with Crippen LogP contribution in [0, 0.1) is 0 Å². The van der Waals surface area contributed by atoms with Crippen LogP contribution in [0.5, 0.6) is 0 Å². The second-order valence-electron chi connectivity index (χ2n) is 11.0. The number of nitrogens with zero attached hydrogens (tertiary/aromatic N) is 9. The summed E-state index contributed by atoms with van der Waals surface area (Å²) in [6.07, 6.45) is 0. The molecule has 0 amide bonds. The molecule has 7 aromatic rings. The summed E-state index contributed by atoms with van der Waals surface area (Å²) in [7, 11) is 0. The number of aromatic nitrogens is 3. The summed E-state index contributed by atoms with van der Waals surface area (Å²) in [5.41, 5.74) is 1.66. The summed E-state index contributed by atoms with van der Waals surface area (Å²) in [5, 5.41) is 25.4. The zero-order valence-electron chi connectivity index (χ0n) is 26.8. The van der Waals surface area contributed by atoms with Crippen molar-refractivity contribution < 1.29 is 0 Å². The molecule has 7 rings (SSSR count). The van der Waals surface area contributed by atoms with Gasteiger partial charge >= 0.3 is 17.1 Å². The molecule has 1 aromatic heterocycles. The first kappa shape index (κ1) is 32.1. The molecular weight excluding hydrogens is 642 g/mol. The Morgan fingerprint density at radius 3 is 0.667 bits per heavy atom. The molecule has 0 N–H and O–H groups in total. The van der Waals surface area contributed by atoms with Gasteiger partial charge in [0.25, 0.3) is 0 Å². The molecule has 0 aliphatic carbocycles. The fraction of sp³-hybridized carbons (Fsp3) is 0. The molecular formula is C39H27N9O3. The third kappa shape index (κ3) is 7.34. The summed E-state index contributed by atoms with van der Waals surface area (Å²) in [4.78, 5) is 42.2. The van der Waals surface area contributed by atoms with Crippen LogP contribution in [0.25, 0.3) is 17.1 Å². The first-order valence-electron chi connectivity index (χ1n) is 15.8. The molecule has 0 atom stereocenters. The van der Waals surface area contributed by atoms with E-state index < -0.39 is 17.1 Å². The summed E-state index contributed by atoms with van der Waals surface area (Å²) >= 11 is 0. The van der Waals surface area contributed by atoms with Crippen molar-refractivity contribution in [3.05, 3.63) is 195 Å². The van der Waals surface area contributed by atoms with Crippen LogP contribution < -0.4 is 17.1 Å². The molecule has 0 aliphatic rings. The average molecular weight is 670 g/mol. The molecule has 1 heterocycles. The van der Waals surface area contributed by atoms with Crippen LogP contribution in [-0.4, -0.2) is 13.7 Å². The van der Waals surface area contributed by atoms with Crippen molar-refractivity contribution in [2.24, 2.45) is 30.7 Å². The van der Waals surface area contributed by atoms with E-state index in [1.807, 2.05) is 91.0 Å². The largest absolute Gasteiger partial charge is 0.345 e. The lowest BCUT2D eigenvalue weighted by atomic mass is 10.2. The third-order valence-electron chi connectivity index (χ3n) is 7.58. The minimum atomic E-state index is -0.855. The standard InChI is InChI=1S/C39H27N9O3/c49-37-46(34-22-16-31(17-23-34)43-40-28-10-4-1-5-11-28)38(50)48(36-26-20-33(21-27-36)45-42-30-14-8-3-9-15-30)39(51)47(37)35-24-18-32(19-25-35)44-41-29-12-6-2-7-13-29/h1-27H. The number of rotatable bonds is 9. The van der Waals surface area contributed by atoms with Gasteiger partial charge in [-0.1, -0.05) is 54.6 Å². The molecule has 6 aromatic carbocycles. The summed E-state index contributed by atoms with van der Waals surface area (Å²) in [6, 6.07) is 46.9. The summed E-state index contributed by atoms with van der Waals surface area (Å²) < 4.78 is 2.81. The SMILES string of the molecule is O=c1n(-c2ccc(N=Nc3ccccc3)cc2)c(=O)n(-c2ccc(N=Nc3ccccc3)cc2)c(=O)n1-c1ccc(N=Nc2ccccc2)cc1. The van der Waals surface area contributed by atoms with Crippen LogP contribution >= 0.6 is 0 Å². The Bertz CT molecular complexity index is 2220. The molecule has 246 valence electrons. The number of benzene rings is 6. The Morgan fingerprint density at radius 2 is 0.451 bits per heavy atom. The molecule has 0 spiro atoms. The maximum absolute atomic E-state index is 14.1. The van der Waals surface area contributed by atoms with Crippen molar-refractivity contribution >= 4 is 34.1 Å². The Morgan fingerprint density at radius 1 is 0.255 bits per heavy atom. The van der Waals surface area contributed by atoms with E-state index in [4.69, 9.17) is 0 Å². The van der Waals surface area contributed by atoms with E-state index in [9.17, 15) is 14.4 Å². The normalized spacial score (nSPS) is 11.5. The van der Waals surface area contributed by atoms with E-state index in [0.29, 0.717) is 34.1 Å². The lowest BCUT2D eigenvalue weighted by Gasteiger charge is -2.14. The fourth-order valence-electron chi connectivity index (χ4n) is 5.04. The molecule has 12 heteroatoms. The Balaban J connectivity index is 1.30. The molecule has 0 aliphatic heterocycles. The Hall–Kier alpha value is -7.47. The third-order valence-corrected chi connectivity index (χ3v) is 7.58. The van der Waals surface area contributed by atoms with Crippen LogP contribution in [0.3, 0.4) is 0 Å². The van der Waals surface area contributed by atoms with Crippen molar-refractivity contribution in [1.82, 2.24) is 13.7 Å². The highest BCUT2D eigenvalue weighted by molar-refractivity contribution is 5.49. The van der Waals surface area contributed by atoms with Crippen molar-refractivity contribution in [3.63, 3.8) is 0 Å². The predicted octanol–water partition coefficient (Wildman–Crippen LogP) is 9.39. The predicted molar refractivity (Wildman–Crippen MR) is 195 cm³/mol. The minimum Gasteiger partial charge on any atom is -0.246 e. The number of azo groups is 3. The lowest BCUT2D eigenvalue weighted by Crippen LogP contribution is -2.52. The second kappa shape index (κ2) is 14.7. The van der Waals surface area contributed by atoms with Gasteiger partial charge in [-0.05, 0) is 109 Å². The topological polar surface area (TPSA) is 140 Å². The van der Waals surface area contributed by atoms with Crippen LogP contribution in [0.2, 0.25) is 0 Å². The lowest BCUT2D eigenvalue weighted by molar-refractivity contribution is 0.659. The highest BCUT2D eigenvalue weighted by Crippen LogP contribution is 2.22. The van der Waals surface area contributed by atoms with E-state index in [1.54, 1.807) is 72.8 Å². The van der Waals surface area contributed by atoms with Gasteiger partial charge in [0, 0.05) is 0 Å². The molecule has 0 saturated heterocycles. The summed E-state index contributed by atoms with van der Waals surface area (Å²) in [6.45, 7) is 0. The number of hydrogen-bond donors (Lipinski definition) is 0. The monoisotopic (exact) mass is 669 g/mol. The van der Waals surface area contributed by atoms with Crippen LogP contribution in [0.1, 0.15) is 0 Å². The van der Waals surface area contributed by atoms with Gasteiger partial charge in [0.15, 0.2) is 0 Å². The molecule has 12 nitrogen and oxygen atoms in total. The summed E-state index contributed by atoms with van der Waals surface area (Å²) in [5.74, 6) is 0. The van der Waals surface area contributed by atoms with E-state index in [-0.39, 0.29) is 17.1 Å². The van der Waals surface area contributed by atoms with Gasteiger partial charge in [0.1, 0.15) is 0 Å². The van der Waals surface area contributed by atoms with Gasteiger partial charge in [0.05, 0.1) is 51.2 Å². The second-order valence-corrected chi connectivity index (χ2v) is 11.0. The minimum absolute atomic E-state index is 0.229. The van der Waals surface area contributed by atoms with Gasteiger partial charge in [-0.15, -0.1) is 0 Å². The average Bonchev–Trinajstić information content (AvgIpc) is 3.18. The zero-order chi connectivity index (χ0) is 35.0. The van der Waals surface area contributed by atoms with Crippen molar-refractivity contribution in [3.8, 4) is 17.1 Å². The van der Waals surface area contributed by atoms with E-state index in [1.165, 1.54) is 0 Å². The quantitative estimate of drug-likeness (QED) is 0.141. The van der Waals surface area contributed by atoms with Crippen LogP contribution in [-0.2, 0) is 0 Å². The van der Waals surface area contributed by atoms with Crippen LogP contribution in [0.15, 0.2) is 209 Å². The Labute approximate surface area is 290 Å². The molecule has 51 heavy (non-hydrogen) atoms. The fourth-order valence-corrected chi connectivity index (χ4v) is 5.04. The maximum atomic E-state index is 14.1. The highest BCUT2D eigenvalue weighted by Gasteiger charge is 2.19.